The molecular formula is C20H20N6O. The number of aromatic nitrogens is 5. The number of hydrogen-bond donors (Lipinski definition) is 2. The third kappa shape index (κ3) is 3.10. The Morgan fingerprint density at radius 1 is 1.00 bits per heavy atom. The minimum absolute atomic E-state index is 0.164. The summed E-state index contributed by atoms with van der Waals surface area (Å²) in [6, 6.07) is 10.1. The van der Waals surface area contributed by atoms with E-state index in [1.54, 1.807) is 6.20 Å². The lowest BCUT2D eigenvalue weighted by Crippen LogP contribution is -2.29. The number of aliphatic hydroxyl groups excluding tert-OH is 1. The zero-order valence-corrected chi connectivity index (χ0v) is 14.8. The van der Waals surface area contributed by atoms with E-state index in [0.717, 1.165) is 53.5 Å². The van der Waals surface area contributed by atoms with Crippen molar-refractivity contribution in [1.82, 2.24) is 24.6 Å². The molecule has 0 aromatic carbocycles. The highest BCUT2D eigenvalue weighted by Crippen LogP contribution is 2.26. The van der Waals surface area contributed by atoms with Crippen LogP contribution in [-0.2, 0) is 0 Å². The third-order valence-electron chi connectivity index (χ3n) is 5.18. The van der Waals surface area contributed by atoms with Crippen LogP contribution in [0.25, 0.3) is 27.8 Å². The van der Waals surface area contributed by atoms with Gasteiger partial charge < -0.3 is 10.4 Å². The molecule has 27 heavy (non-hydrogen) atoms. The topological polar surface area (TPSA) is 88.2 Å². The Hall–Kier alpha value is -3.06. The lowest BCUT2D eigenvalue weighted by molar-refractivity contribution is 0.126. The smallest absolute Gasteiger partial charge is 0.241 e. The molecule has 1 fully saturated rings. The van der Waals surface area contributed by atoms with Crippen molar-refractivity contribution in [2.75, 3.05) is 5.32 Å². The minimum Gasteiger partial charge on any atom is -0.393 e. The van der Waals surface area contributed by atoms with E-state index >= 15 is 0 Å². The Bertz CT molecular complexity index is 1100. The van der Waals surface area contributed by atoms with Crippen molar-refractivity contribution in [2.24, 2.45) is 0 Å². The summed E-state index contributed by atoms with van der Waals surface area (Å²) in [7, 11) is 0. The number of fused-ring (bicyclic) bond motifs is 2. The molecule has 1 aliphatic rings. The van der Waals surface area contributed by atoms with Gasteiger partial charge in [-0.15, -0.1) is 5.10 Å². The molecule has 0 saturated heterocycles. The Morgan fingerprint density at radius 2 is 1.89 bits per heavy atom. The number of hydrogen-bond acceptors (Lipinski definition) is 6. The van der Waals surface area contributed by atoms with Gasteiger partial charge in [0.25, 0.3) is 0 Å². The molecule has 1 aliphatic carbocycles. The van der Waals surface area contributed by atoms with Crippen LogP contribution in [0.3, 0.4) is 0 Å². The quantitative estimate of drug-likeness (QED) is 0.584. The second-order valence-electron chi connectivity index (χ2n) is 7.03. The molecule has 7 heteroatoms. The second-order valence-corrected chi connectivity index (χ2v) is 7.03. The van der Waals surface area contributed by atoms with Gasteiger partial charge in [0, 0.05) is 24.0 Å². The average Bonchev–Trinajstić information content (AvgIpc) is 3.12. The first-order chi connectivity index (χ1) is 13.3. The van der Waals surface area contributed by atoms with Gasteiger partial charge in [-0.3, -0.25) is 4.98 Å². The van der Waals surface area contributed by atoms with Crippen molar-refractivity contribution in [3.05, 3.63) is 48.9 Å². The summed E-state index contributed by atoms with van der Waals surface area (Å²) in [5, 5.41) is 17.6. The predicted octanol–water partition coefficient (Wildman–Crippen LogP) is 3.05. The van der Waals surface area contributed by atoms with Crippen LogP contribution in [0.15, 0.2) is 48.9 Å². The highest BCUT2D eigenvalue weighted by Gasteiger charge is 2.20. The van der Waals surface area contributed by atoms with E-state index in [2.05, 4.69) is 20.4 Å². The van der Waals surface area contributed by atoms with Gasteiger partial charge in [0.1, 0.15) is 0 Å². The van der Waals surface area contributed by atoms with Gasteiger partial charge in [-0.1, -0.05) is 0 Å². The lowest BCUT2D eigenvalue weighted by Gasteiger charge is -2.26. The molecule has 0 bridgehead atoms. The summed E-state index contributed by atoms with van der Waals surface area (Å²) in [5.41, 5.74) is 4.53. The molecule has 4 aromatic heterocycles. The maximum Gasteiger partial charge on any atom is 0.241 e. The van der Waals surface area contributed by atoms with Crippen LogP contribution in [-0.4, -0.2) is 41.8 Å². The normalized spacial score (nSPS) is 20.2. The van der Waals surface area contributed by atoms with E-state index in [1.165, 1.54) is 0 Å². The maximum absolute atomic E-state index is 9.64. The zero-order valence-electron chi connectivity index (χ0n) is 14.8. The Kier molecular flexibility index (Phi) is 3.94. The first-order valence-electron chi connectivity index (χ1n) is 9.27. The molecule has 0 aliphatic heterocycles. The van der Waals surface area contributed by atoms with E-state index in [-0.39, 0.29) is 6.10 Å². The van der Waals surface area contributed by atoms with Crippen LogP contribution in [0.5, 0.6) is 0 Å². The van der Waals surface area contributed by atoms with E-state index in [0.29, 0.717) is 12.0 Å². The van der Waals surface area contributed by atoms with Crippen molar-refractivity contribution >= 4 is 22.5 Å². The monoisotopic (exact) mass is 360 g/mol. The van der Waals surface area contributed by atoms with E-state index < -0.39 is 0 Å². The van der Waals surface area contributed by atoms with Gasteiger partial charge in [-0.05, 0) is 56.0 Å². The third-order valence-corrected chi connectivity index (χ3v) is 5.18. The summed E-state index contributed by atoms with van der Waals surface area (Å²) in [4.78, 5) is 13.5. The summed E-state index contributed by atoms with van der Waals surface area (Å²) >= 11 is 0. The molecule has 0 radical (unpaired) electrons. The molecular weight excluding hydrogens is 340 g/mol. The highest BCUT2D eigenvalue weighted by atomic mass is 16.3. The molecule has 0 atom stereocenters. The fourth-order valence-electron chi connectivity index (χ4n) is 3.69. The van der Waals surface area contributed by atoms with Crippen molar-refractivity contribution < 1.29 is 5.11 Å². The summed E-state index contributed by atoms with van der Waals surface area (Å²) < 4.78 is 1.83. The highest BCUT2D eigenvalue weighted by molar-refractivity contribution is 5.83. The number of anilines is 1. The van der Waals surface area contributed by atoms with Crippen LogP contribution >= 0.6 is 0 Å². The largest absolute Gasteiger partial charge is 0.393 e. The van der Waals surface area contributed by atoms with Crippen molar-refractivity contribution in [2.45, 2.75) is 37.8 Å². The minimum atomic E-state index is -0.164. The van der Waals surface area contributed by atoms with Gasteiger partial charge in [-0.2, -0.15) is 0 Å². The number of nitrogens with zero attached hydrogens (tertiary/aromatic N) is 5. The second kappa shape index (κ2) is 6.59. The summed E-state index contributed by atoms with van der Waals surface area (Å²) in [5.74, 6) is 0.613. The SMILES string of the molecule is O[C@H]1CC[C@@H](Nc2ncc3c(-c4ccc5ncccc5n4)ccn3n2)CC1. The number of pyridine rings is 2. The lowest BCUT2D eigenvalue weighted by atomic mass is 9.93. The fourth-order valence-corrected chi connectivity index (χ4v) is 3.69. The molecule has 0 spiro atoms. The van der Waals surface area contributed by atoms with Crippen LogP contribution < -0.4 is 5.32 Å². The first-order valence-corrected chi connectivity index (χ1v) is 9.27. The zero-order chi connectivity index (χ0) is 18.2. The van der Waals surface area contributed by atoms with Crippen LogP contribution in [0.2, 0.25) is 0 Å². The standard InChI is InChI=1S/C20H20N6O/c27-14-5-3-13(4-6-14)23-20-22-12-19-15(9-11-26(19)25-20)16-7-8-17-18(24-16)2-1-10-21-17/h1-2,7-14,27H,3-6H2,(H,23,25)/t13-,14+. The molecule has 7 nitrogen and oxygen atoms in total. The Balaban J connectivity index is 1.44. The molecule has 4 heterocycles. The molecule has 2 N–H and O–H groups in total. The number of rotatable bonds is 3. The molecule has 0 unspecified atom stereocenters. The predicted molar refractivity (Wildman–Crippen MR) is 103 cm³/mol. The van der Waals surface area contributed by atoms with Gasteiger partial charge in [0.05, 0.1) is 34.5 Å². The number of nitrogens with one attached hydrogen (secondary N) is 1. The van der Waals surface area contributed by atoms with E-state index in [9.17, 15) is 5.11 Å². The van der Waals surface area contributed by atoms with Gasteiger partial charge in [0.15, 0.2) is 0 Å². The first kappa shape index (κ1) is 16.1. The van der Waals surface area contributed by atoms with Crippen LogP contribution in [0.4, 0.5) is 5.95 Å². The van der Waals surface area contributed by atoms with Crippen molar-refractivity contribution in [1.29, 1.82) is 0 Å². The maximum atomic E-state index is 9.64. The Labute approximate surface area is 156 Å². The van der Waals surface area contributed by atoms with E-state index in [1.807, 2.05) is 47.2 Å². The molecule has 5 rings (SSSR count). The van der Waals surface area contributed by atoms with Crippen molar-refractivity contribution in [3.63, 3.8) is 0 Å². The number of aliphatic hydroxyl groups is 1. The summed E-state index contributed by atoms with van der Waals surface area (Å²) in [6.45, 7) is 0. The van der Waals surface area contributed by atoms with Gasteiger partial charge in [-0.25, -0.2) is 14.5 Å². The average molecular weight is 360 g/mol. The molecule has 1 saturated carbocycles. The molecule has 0 amide bonds. The Morgan fingerprint density at radius 3 is 2.78 bits per heavy atom. The van der Waals surface area contributed by atoms with E-state index in [4.69, 9.17) is 4.98 Å². The van der Waals surface area contributed by atoms with Gasteiger partial charge >= 0.3 is 0 Å². The van der Waals surface area contributed by atoms with Crippen molar-refractivity contribution in [3.8, 4) is 11.3 Å². The van der Waals surface area contributed by atoms with Crippen LogP contribution in [0.1, 0.15) is 25.7 Å². The molecule has 4 aromatic rings. The van der Waals surface area contributed by atoms with Crippen LogP contribution in [0, 0.1) is 0 Å². The fraction of sp³-hybridized carbons (Fsp3) is 0.300. The molecule has 136 valence electrons. The van der Waals surface area contributed by atoms with Gasteiger partial charge in [0.2, 0.25) is 5.95 Å². The summed E-state index contributed by atoms with van der Waals surface area (Å²) in [6.07, 6.45) is 8.90.